The number of nitrogens with one attached hydrogen (secondary N) is 1. The summed E-state index contributed by atoms with van der Waals surface area (Å²) < 4.78 is 108. The predicted molar refractivity (Wildman–Crippen MR) is 125 cm³/mol. The Morgan fingerprint density at radius 2 is 1.74 bits per heavy atom. The number of rotatable bonds is 6. The van der Waals surface area contributed by atoms with Gasteiger partial charge in [-0.1, -0.05) is 0 Å². The monoisotopic (exact) mass is 563 g/mol. The van der Waals surface area contributed by atoms with Crippen LogP contribution in [0.1, 0.15) is 56.2 Å². The molecule has 38 heavy (non-hydrogen) atoms. The summed E-state index contributed by atoms with van der Waals surface area (Å²) in [5, 5.41) is 2.52. The molecule has 1 aromatic carbocycles. The SMILES string of the molecule is CC1C(F)CC(C(=O)NCc2cc(C3CCC(C(F)(F)F)CC3)c(F)cn2)N1S(=O)(=O)c1ccc(F)cc1. The summed E-state index contributed by atoms with van der Waals surface area (Å²) in [5.74, 6) is -3.94. The summed E-state index contributed by atoms with van der Waals surface area (Å²) >= 11 is 0. The zero-order valence-electron chi connectivity index (χ0n) is 20.4. The van der Waals surface area contributed by atoms with Crippen molar-refractivity contribution in [3.8, 4) is 0 Å². The van der Waals surface area contributed by atoms with E-state index < -0.39 is 70.3 Å². The summed E-state index contributed by atoms with van der Waals surface area (Å²) in [5.41, 5.74) is 0.437. The van der Waals surface area contributed by atoms with Crippen molar-refractivity contribution >= 4 is 15.9 Å². The van der Waals surface area contributed by atoms with Gasteiger partial charge in [-0.25, -0.2) is 21.6 Å². The number of hydrogen-bond acceptors (Lipinski definition) is 4. The Hall–Kier alpha value is -2.67. The molecule has 1 aliphatic carbocycles. The number of pyridine rings is 1. The van der Waals surface area contributed by atoms with Gasteiger partial charge in [-0.2, -0.15) is 17.5 Å². The van der Waals surface area contributed by atoms with E-state index in [1.807, 2.05) is 0 Å². The third kappa shape index (κ3) is 5.83. The summed E-state index contributed by atoms with van der Waals surface area (Å²) in [6.45, 7) is 1.11. The van der Waals surface area contributed by atoms with E-state index in [1.54, 1.807) is 0 Å². The first-order chi connectivity index (χ1) is 17.8. The average molecular weight is 564 g/mol. The molecular formula is C25H27F6N3O3S. The zero-order valence-corrected chi connectivity index (χ0v) is 21.2. The molecule has 4 rings (SSSR count). The molecule has 2 heterocycles. The molecule has 1 N–H and O–H groups in total. The fourth-order valence-corrected chi connectivity index (χ4v) is 7.04. The van der Waals surface area contributed by atoms with Crippen LogP contribution in [0, 0.1) is 17.6 Å². The molecule has 6 nitrogen and oxygen atoms in total. The summed E-state index contributed by atoms with van der Waals surface area (Å²) in [6.07, 6.45) is -5.26. The van der Waals surface area contributed by atoms with Gasteiger partial charge in [0.05, 0.1) is 35.3 Å². The third-order valence-corrected chi connectivity index (χ3v) is 9.40. The standard InChI is InChI=1S/C25H27F6N3O3S/c1-14-21(27)11-23(34(14)38(36,37)19-8-6-17(26)7-9-19)24(35)33-12-18-10-20(22(28)13-32-18)15-2-4-16(5-3-15)25(29,30)31/h6-10,13-16,21,23H,2-5,11-12H2,1H3,(H,33,35). The van der Waals surface area contributed by atoms with Gasteiger partial charge >= 0.3 is 6.18 Å². The molecule has 0 radical (unpaired) electrons. The molecule has 1 amide bonds. The van der Waals surface area contributed by atoms with Gasteiger partial charge in [0, 0.05) is 6.42 Å². The first-order valence-electron chi connectivity index (χ1n) is 12.2. The van der Waals surface area contributed by atoms with E-state index in [0.29, 0.717) is 0 Å². The van der Waals surface area contributed by atoms with E-state index in [0.717, 1.165) is 34.8 Å². The van der Waals surface area contributed by atoms with Crippen molar-refractivity contribution in [1.82, 2.24) is 14.6 Å². The molecule has 0 bridgehead atoms. The van der Waals surface area contributed by atoms with Gasteiger partial charge in [0.25, 0.3) is 0 Å². The van der Waals surface area contributed by atoms with Crippen LogP contribution in [0.3, 0.4) is 0 Å². The van der Waals surface area contributed by atoms with Crippen LogP contribution in [-0.4, -0.2) is 48.0 Å². The quantitative estimate of drug-likeness (QED) is 0.502. The minimum absolute atomic E-state index is 0.107. The highest BCUT2D eigenvalue weighted by atomic mass is 32.2. The van der Waals surface area contributed by atoms with Gasteiger partial charge in [-0.05, 0) is 74.4 Å². The molecule has 1 saturated carbocycles. The molecule has 208 valence electrons. The van der Waals surface area contributed by atoms with E-state index in [9.17, 15) is 39.6 Å². The lowest BCUT2D eigenvalue weighted by Gasteiger charge is -2.30. The fourth-order valence-electron chi connectivity index (χ4n) is 5.23. The number of halogens is 6. The minimum atomic E-state index is -4.34. The fraction of sp³-hybridized carbons (Fsp3) is 0.520. The van der Waals surface area contributed by atoms with Crippen LogP contribution >= 0.6 is 0 Å². The zero-order chi connectivity index (χ0) is 27.8. The highest BCUT2D eigenvalue weighted by molar-refractivity contribution is 7.89. The average Bonchev–Trinajstić information content (AvgIpc) is 3.18. The number of amides is 1. The Morgan fingerprint density at radius 3 is 2.34 bits per heavy atom. The van der Waals surface area contributed by atoms with Gasteiger partial charge < -0.3 is 5.32 Å². The molecule has 3 unspecified atom stereocenters. The van der Waals surface area contributed by atoms with E-state index in [2.05, 4.69) is 10.3 Å². The highest BCUT2D eigenvalue weighted by Crippen LogP contribution is 2.43. The number of aromatic nitrogens is 1. The Morgan fingerprint density at radius 1 is 1.11 bits per heavy atom. The molecule has 13 heteroatoms. The molecule has 3 atom stereocenters. The molecule has 0 spiro atoms. The largest absolute Gasteiger partial charge is 0.391 e. The second-order valence-electron chi connectivity index (χ2n) is 9.80. The smallest absolute Gasteiger partial charge is 0.349 e. The predicted octanol–water partition coefficient (Wildman–Crippen LogP) is 5.00. The lowest BCUT2D eigenvalue weighted by Crippen LogP contribution is -2.48. The van der Waals surface area contributed by atoms with Crippen molar-refractivity contribution in [3.63, 3.8) is 0 Å². The van der Waals surface area contributed by atoms with Crippen LogP contribution in [0.15, 0.2) is 41.4 Å². The lowest BCUT2D eigenvalue weighted by atomic mass is 9.78. The van der Waals surface area contributed by atoms with Crippen molar-refractivity contribution in [2.24, 2.45) is 5.92 Å². The van der Waals surface area contributed by atoms with Crippen molar-refractivity contribution in [2.45, 2.75) is 80.8 Å². The lowest BCUT2D eigenvalue weighted by molar-refractivity contribution is -0.182. The van der Waals surface area contributed by atoms with Crippen LogP contribution in [-0.2, 0) is 21.4 Å². The second kappa shape index (κ2) is 10.8. The maximum Gasteiger partial charge on any atom is 0.391 e. The van der Waals surface area contributed by atoms with Crippen LogP contribution in [0.2, 0.25) is 0 Å². The van der Waals surface area contributed by atoms with Crippen molar-refractivity contribution in [2.75, 3.05) is 0 Å². The topological polar surface area (TPSA) is 79.4 Å². The van der Waals surface area contributed by atoms with Gasteiger partial charge in [-0.3, -0.25) is 9.78 Å². The van der Waals surface area contributed by atoms with E-state index in [4.69, 9.17) is 0 Å². The van der Waals surface area contributed by atoms with Crippen LogP contribution in [0.4, 0.5) is 26.3 Å². The van der Waals surface area contributed by atoms with Crippen molar-refractivity contribution < 1.29 is 39.6 Å². The summed E-state index contributed by atoms with van der Waals surface area (Å²) in [7, 11) is -4.34. The maximum absolute atomic E-state index is 14.6. The third-order valence-electron chi connectivity index (χ3n) is 7.39. The molecule has 1 aliphatic heterocycles. The Balaban J connectivity index is 1.46. The Kier molecular flexibility index (Phi) is 8.08. The van der Waals surface area contributed by atoms with Crippen LogP contribution in [0.25, 0.3) is 0 Å². The van der Waals surface area contributed by atoms with E-state index in [-0.39, 0.29) is 48.4 Å². The number of carbonyl (C=O) groups is 1. The van der Waals surface area contributed by atoms with E-state index >= 15 is 0 Å². The number of carbonyl (C=O) groups excluding carboxylic acids is 1. The second-order valence-corrected chi connectivity index (χ2v) is 11.6. The van der Waals surface area contributed by atoms with Crippen molar-refractivity contribution in [1.29, 1.82) is 0 Å². The Bertz CT molecular complexity index is 1260. The van der Waals surface area contributed by atoms with Gasteiger partial charge in [0.1, 0.15) is 23.8 Å². The highest BCUT2D eigenvalue weighted by Gasteiger charge is 2.49. The molecule has 2 aromatic rings. The number of hydrogen-bond donors (Lipinski definition) is 1. The van der Waals surface area contributed by atoms with Crippen molar-refractivity contribution in [3.05, 3.63) is 59.4 Å². The van der Waals surface area contributed by atoms with Gasteiger partial charge in [0.2, 0.25) is 15.9 Å². The normalized spacial score (nSPS) is 26.9. The first kappa shape index (κ1) is 28.3. The molecule has 2 fully saturated rings. The van der Waals surface area contributed by atoms with Crippen LogP contribution < -0.4 is 5.32 Å². The van der Waals surface area contributed by atoms with Gasteiger partial charge in [0.15, 0.2) is 0 Å². The van der Waals surface area contributed by atoms with Gasteiger partial charge in [-0.15, -0.1) is 0 Å². The molecule has 1 saturated heterocycles. The number of sulfonamides is 1. The minimum Gasteiger partial charge on any atom is -0.349 e. The number of alkyl halides is 4. The summed E-state index contributed by atoms with van der Waals surface area (Å²) in [6, 6.07) is 2.81. The summed E-state index contributed by atoms with van der Waals surface area (Å²) in [4.78, 5) is 16.6. The number of nitrogens with zero attached hydrogens (tertiary/aromatic N) is 2. The van der Waals surface area contributed by atoms with E-state index in [1.165, 1.54) is 13.0 Å². The number of benzene rings is 1. The molecule has 2 aliphatic rings. The molecule has 1 aromatic heterocycles. The van der Waals surface area contributed by atoms with Crippen LogP contribution in [0.5, 0.6) is 0 Å². The maximum atomic E-state index is 14.6. The molecular weight excluding hydrogens is 536 g/mol. The first-order valence-corrected chi connectivity index (χ1v) is 13.6. The Labute approximate surface area is 216 Å².